The van der Waals surface area contributed by atoms with E-state index in [0.717, 1.165) is 64.3 Å². The minimum absolute atomic E-state index is 0. The lowest BCUT2D eigenvalue weighted by Crippen LogP contribution is -3.00. The van der Waals surface area contributed by atoms with Gasteiger partial charge < -0.3 is 36.3 Å². The van der Waals surface area contributed by atoms with Gasteiger partial charge in [0.05, 0.1) is 18.1 Å². The number of hydrogen-bond donors (Lipinski definition) is 1. The highest BCUT2D eigenvalue weighted by Crippen LogP contribution is 2.42. The Balaban J connectivity index is 0.00000228. The first-order chi connectivity index (χ1) is 15.7. The molecule has 0 bridgehead atoms. The molecule has 0 saturated carbocycles. The molecule has 170 valence electrons. The zero-order chi connectivity index (χ0) is 21.8. The molecule has 0 radical (unpaired) electrons. The molecule has 7 nitrogen and oxygen atoms in total. The molecule has 2 aromatic heterocycles. The van der Waals surface area contributed by atoms with Crippen LogP contribution >= 0.6 is 0 Å². The SMILES string of the molecule is CCc1nccn1Cc1cc(OC)c(O)c2c[n+]3c(cc12)-c1cc2c(cc1CC3)OCO2.[Cl-]. The average molecular weight is 466 g/mol. The number of benzene rings is 2. The molecule has 0 atom stereocenters. The number of phenolic OH excluding ortho intramolecular Hbond substituents is 1. The molecular weight excluding hydrogens is 442 g/mol. The topological polar surface area (TPSA) is 69.6 Å². The van der Waals surface area contributed by atoms with Crippen LogP contribution in [-0.4, -0.2) is 28.6 Å². The van der Waals surface area contributed by atoms with E-state index in [2.05, 4.69) is 39.2 Å². The monoisotopic (exact) mass is 465 g/mol. The van der Waals surface area contributed by atoms with Gasteiger partial charge in [-0.2, -0.15) is 4.57 Å². The number of aryl methyl sites for hydroxylation is 3. The third-order valence-corrected chi connectivity index (χ3v) is 6.48. The number of aromatic hydroxyl groups is 1. The van der Waals surface area contributed by atoms with Crippen molar-refractivity contribution in [2.24, 2.45) is 0 Å². The number of rotatable bonds is 4. The highest BCUT2D eigenvalue weighted by atomic mass is 35.5. The fourth-order valence-corrected chi connectivity index (χ4v) is 4.84. The number of halogens is 1. The summed E-state index contributed by atoms with van der Waals surface area (Å²) >= 11 is 0. The van der Waals surface area contributed by atoms with Crippen molar-refractivity contribution in [1.29, 1.82) is 0 Å². The van der Waals surface area contributed by atoms with E-state index >= 15 is 0 Å². The van der Waals surface area contributed by atoms with Crippen molar-refractivity contribution >= 4 is 10.8 Å². The third-order valence-electron chi connectivity index (χ3n) is 6.48. The van der Waals surface area contributed by atoms with E-state index in [1.165, 1.54) is 5.56 Å². The average Bonchev–Trinajstić information content (AvgIpc) is 3.47. The van der Waals surface area contributed by atoms with Crippen LogP contribution in [0.3, 0.4) is 0 Å². The number of nitrogens with zero attached hydrogens (tertiary/aromatic N) is 3. The van der Waals surface area contributed by atoms with Crippen LogP contribution in [0.15, 0.2) is 42.9 Å². The maximum atomic E-state index is 10.9. The predicted molar refractivity (Wildman–Crippen MR) is 118 cm³/mol. The molecule has 4 aromatic rings. The van der Waals surface area contributed by atoms with Crippen LogP contribution < -0.4 is 31.2 Å². The summed E-state index contributed by atoms with van der Waals surface area (Å²) < 4.78 is 21.1. The van der Waals surface area contributed by atoms with Gasteiger partial charge in [-0.05, 0) is 29.3 Å². The molecular formula is C25H24ClN3O4. The van der Waals surface area contributed by atoms with Crippen molar-refractivity contribution in [2.75, 3.05) is 13.9 Å². The van der Waals surface area contributed by atoms with Crippen LogP contribution in [0, 0.1) is 0 Å². The zero-order valence-electron chi connectivity index (χ0n) is 18.5. The molecule has 0 aliphatic carbocycles. The molecule has 2 aliphatic rings. The van der Waals surface area contributed by atoms with E-state index in [1.54, 1.807) is 7.11 Å². The molecule has 33 heavy (non-hydrogen) atoms. The summed E-state index contributed by atoms with van der Waals surface area (Å²) in [5.41, 5.74) is 4.55. The fraction of sp³-hybridized carbons (Fsp3) is 0.280. The van der Waals surface area contributed by atoms with Crippen LogP contribution in [0.1, 0.15) is 23.9 Å². The van der Waals surface area contributed by atoms with Crippen LogP contribution in [0.4, 0.5) is 0 Å². The van der Waals surface area contributed by atoms with E-state index < -0.39 is 0 Å². The number of pyridine rings is 1. The van der Waals surface area contributed by atoms with E-state index in [9.17, 15) is 5.11 Å². The molecule has 2 aliphatic heterocycles. The van der Waals surface area contributed by atoms with Gasteiger partial charge in [0.1, 0.15) is 5.82 Å². The molecule has 2 aromatic carbocycles. The van der Waals surface area contributed by atoms with Gasteiger partial charge >= 0.3 is 0 Å². The van der Waals surface area contributed by atoms with Crippen molar-refractivity contribution < 1.29 is 36.3 Å². The first-order valence-electron chi connectivity index (χ1n) is 10.8. The Labute approximate surface area is 197 Å². The zero-order valence-corrected chi connectivity index (χ0v) is 19.2. The molecule has 0 amide bonds. The Bertz CT molecular complexity index is 1380. The summed E-state index contributed by atoms with van der Waals surface area (Å²) in [6, 6.07) is 8.27. The Hall–Kier alpha value is -3.45. The Morgan fingerprint density at radius 1 is 1.15 bits per heavy atom. The second kappa shape index (κ2) is 8.15. The normalized spacial score (nSPS) is 13.4. The number of ether oxygens (including phenoxy) is 3. The lowest BCUT2D eigenvalue weighted by atomic mass is 9.94. The molecule has 0 fully saturated rings. The quantitative estimate of drug-likeness (QED) is 0.447. The van der Waals surface area contributed by atoms with E-state index in [4.69, 9.17) is 14.2 Å². The predicted octanol–water partition coefficient (Wildman–Crippen LogP) is 0.604. The van der Waals surface area contributed by atoms with Crippen LogP contribution in [-0.2, 0) is 25.9 Å². The fourth-order valence-electron chi connectivity index (χ4n) is 4.84. The molecule has 8 heteroatoms. The van der Waals surface area contributed by atoms with E-state index in [1.807, 2.05) is 24.7 Å². The van der Waals surface area contributed by atoms with Crippen molar-refractivity contribution in [3.05, 3.63) is 59.8 Å². The standard InChI is InChI=1S/C25H23N3O4.ClH/c1-3-24-26-5-7-28(24)12-16-9-23(30-2)25(29)19-13-27-6-4-15-8-21-22(32-14-31-21)11-18(15)20(27)10-17(16)19;/h5,7-11,13H,3-4,6,12,14H2,1-2H3;1H. The molecule has 0 saturated heterocycles. The minimum Gasteiger partial charge on any atom is -1.00 e. The second-order valence-electron chi connectivity index (χ2n) is 8.20. The Morgan fingerprint density at radius 2 is 1.97 bits per heavy atom. The molecule has 0 unspecified atom stereocenters. The summed E-state index contributed by atoms with van der Waals surface area (Å²) in [7, 11) is 1.59. The van der Waals surface area contributed by atoms with Crippen LogP contribution in [0.5, 0.6) is 23.0 Å². The van der Waals surface area contributed by atoms with Gasteiger partial charge in [0.25, 0.3) is 0 Å². The highest BCUT2D eigenvalue weighted by molar-refractivity contribution is 5.94. The molecule has 0 spiro atoms. The maximum absolute atomic E-state index is 10.9. The number of fused-ring (bicyclic) bond motifs is 5. The number of imidazole rings is 1. The maximum Gasteiger partial charge on any atom is 0.231 e. The van der Waals surface area contributed by atoms with Gasteiger partial charge in [0.2, 0.25) is 12.5 Å². The number of phenols is 1. The number of methoxy groups -OCH3 is 1. The third kappa shape index (κ3) is 3.35. The van der Waals surface area contributed by atoms with Gasteiger partial charge in [-0.25, -0.2) is 4.98 Å². The highest BCUT2D eigenvalue weighted by Gasteiger charge is 2.29. The van der Waals surface area contributed by atoms with Gasteiger partial charge in [-0.1, -0.05) is 6.92 Å². The van der Waals surface area contributed by atoms with Crippen molar-refractivity contribution in [3.8, 4) is 34.3 Å². The van der Waals surface area contributed by atoms with Crippen molar-refractivity contribution in [2.45, 2.75) is 32.9 Å². The van der Waals surface area contributed by atoms with Gasteiger partial charge in [-0.15, -0.1) is 0 Å². The molecule has 1 N–H and O–H groups in total. The minimum atomic E-state index is 0. The number of hydrogen-bond acceptors (Lipinski definition) is 5. The summed E-state index contributed by atoms with van der Waals surface area (Å²) in [5.74, 6) is 3.26. The number of aromatic nitrogens is 3. The first-order valence-corrected chi connectivity index (χ1v) is 10.8. The smallest absolute Gasteiger partial charge is 0.231 e. The second-order valence-corrected chi connectivity index (χ2v) is 8.20. The lowest BCUT2D eigenvalue weighted by Gasteiger charge is -2.18. The van der Waals surface area contributed by atoms with Gasteiger partial charge in [0, 0.05) is 43.2 Å². The van der Waals surface area contributed by atoms with E-state index in [-0.39, 0.29) is 24.9 Å². The van der Waals surface area contributed by atoms with Gasteiger partial charge in [0.15, 0.2) is 35.7 Å². The van der Waals surface area contributed by atoms with E-state index in [0.29, 0.717) is 12.3 Å². The van der Waals surface area contributed by atoms with Crippen LogP contribution in [0.2, 0.25) is 0 Å². The Kier molecular flexibility index (Phi) is 5.29. The van der Waals surface area contributed by atoms with Crippen molar-refractivity contribution in [3.63, 3.8) is 0 Å². The summed E-state index contributed by atoms with van der Waals surface area (Å²) in [6.45, 7) is 3.83. The first kappa shape index (κ1) is 21.4. The largest absolute Gasteiger partial charge is 1.00 e. The Morgan fingerprint density at radius 3 is 2.76 bits per heavy atom. The summed E-state index contributed by atoms with van der Waals surface area (Å²) in [4.78, 5) is 4.46. The lowest BCUT2D eigenvalue weighted by molar-refractivity contribution is -0.686. The van der Waals surface area contributed by atoms with Crippen molar-refractivity contribution in [1.82, 2.24) is 9.55 Å². The molecule has 4 heterocycles. The molecule has 6 rings (SSSR count). The summed E-state index contributed by atoms with van der Waals surface area (Å²) in [5, 5.41) is 12.7. The van der Waals surface area contributed by atoms with Gasteiger partial charge in [-0.3, -0.25) is 0 Å². The summed E-state index contributed by atoms with van der Waals surface area (Å²) in [6.07, 6.45) is 7.60. The van der Waals surface area contributed by atoms with Crippen LogP contribution in [0.25, 0.3) is 22.0 Å².